The summed E-state index contributed by atoms with van der Waals surface area (Å²) < 4.78 is 4.59. The second-order valence-corrected chi connectivity index (χ2v) is 4.04. The van der Waals surface area contributed by atoms with Crippen molar-refractivity contribution >= 4 is 11.9 Å². The number of amides is 1. The highest BCUT2D eigenvalue weighted by atomic mass is 16.5. The van der Waals surface area contributed by atoms with Crippen LogP contribution in [0.1, 0.15) is 29.4 Å². The molecule has 1 heterocycles. The van der Waals surface area contributed by atoms with E-state index in [9.17, 15) is 9.59 Å². The molecule has 1 aromatic rings. The maximum absolute atomic E-state index is 12.3. The van der Waals surface area contributed by atoms with Crippen LogP contribution in [0.5, 0.6) is 0 Å². The predicted molar refractivity (Wildman–Crippen MR) is 70.3 cm³/mol. The number of hydrogen-bond acceptors (Lipinski definition) is 5. The summed E-state index contributed by atoms with van der Waals surface area (Å²) in [5, 5.41) is 0. The Labute approximate surface area is 112 Å². The summed E-state index contributed by atoms with van der Waals surface area (Å²) in [6, 6.07) is 3.25. The molecule has 0 radical (unpaired) electrons. The Morgan fingerprint density at radius 3 is 2.79 bits per heavy atom. The molecular formula is C13H19N3O3. The summed E-state index contributed by atoms with van der Waals surface area (Å²) in [5.74, 6) is -0.653. The lowest BCUT2D eigenvalue weighted by Crippen LogP contribution is -2.36. The summed E-state index contributed by atoms with van der Waals surface area (Å²) in [7, 11) is 1.30. The van der Waals surface area contributed by atoms with Gasteiger partial charge in [0.25, 0.3) is 5.91 Å². The first kappa shape index (κ1) is 15.1. The maximum atomic E-state index is 12.3. The van der Waals surface area contributed by atoms with Gasteiger partial charge in [-0.2, -0.15) is 0 Å². The van der Waals surface area contributed by atoms with Crippen LogP contribution in [0.25, 0.3) is 0 Å². The van der Waals surface area contributed by atoms with E-state index in [4.69, 9.17) is 5.73 Å². The Kier molecular flexibility index (Phi) is 5.95. The van der Waals surface area contributed by atoms with E-state index in [0.717, 1.165) is 6.42 Å². The number of carbonyl (C=O) groups is 2. The van der Waals surface area contributed by atoms with Gasteiger partial charge < -0.3 is 15.4 Å². The molecule has 0 bridgehead atoms. The molecule has 0 aliphatic carbocycles. The second-order valence-electron chi connectivity index (χ2n) is 4.04. The van der Waals surface area contributed by atoms with Crippen molar-refractivity contribution in [2.24, 2.45) is 5.73 Å². The first-order valence-electron chi connectivity index (χ1n) is 6.13. The molecule has 6 nitrogen and oxygen atoms in total. The van der Waals surface area contributed by atoms with Crippen LogP contribution in [-0.4, -0.2) is 42.0 Å². The molecule has 0 fully saturated rings. The minimum atomic E-state index is -0.435. The fourth-order valence-corrected chi connectivity index (χ4v) is 1.65. The fraction of sp³-hybridized carbons (Fsp3) is 0.462. The fourth-order valence-electron chi connectivity index (χ4n) is 1.65. The Morgan fingerprint density at radius 1 is 1.47 bits per heavy atom. The highest BCUT2D eigenvalue weighted by molar-refractivity contribution is 5.96. The molecule has 6 heteroatoms. The molecule has 19 heavy (non-hydrogen) atoms. The molecular weight excluding hydrogens is 246 g/mol. The summed E-state index contributed by atoms with van der Waals surface area (Å²) in [4.78, 5) is 29.1. The number of nitrogens with two attached hydrogens (primary N) is 1. The third-order valence-electron chi connectivity index (χ3n) is 2.60. The van der Waals surface area contributed by atoms with Crippen LogP contribution in [0.15, 0.2) is 18.3 Å². The van der Waals surface area contributed by atoms with Gasteiger partial charge in [-0.05, 0) is 18.6 Å². The third kappa shape index (κ3) is 4.33. The van der Waals surface area contributed by atoms with Crippen molar-refractivity contribution in [1.82, 2.24) is 9.88 Å². The lowest BCUT2D eigenvalue weighted by molar-refractivity contribution is -0.141. The standard InChI is InChI=1S/C13H19N3O3/c1-3-6-16(9-12(17)19-2)13(18)10-4-5-15-11(7-10)8-14/h4-5,7H,3,6,8-9,14H2,1-2H3. The summed E-state index contributed by atoms with van der Waals surface area (Å²) in [5.41, 5.74) is 6.61. The molecule has 0 aromatic carbocycles. The molecule has 1 rings (SSSR count). The van der Waals surface area contributed by atoms with Crippen LogP contribution < -0.4 is 5.73 Å². The zero-order chi connectivity index (χ0) is 14.3. The van der Waals surface area contributed by atoms with Gasteiger partial charge >= 0.3 is 5.97 Å². The second kappa shape index (κ2) is 7.48. The molecule has 2 N–H and O–H groups in total. The Balaban J connectivity index is 2.88. The van der Waals surface area contributed by atoms with Crippen molar-refractivity contribution in [3.05, 3.63) is 29.6 Å². The van der Waals surface area contributed by atoms with Crippen molar-refractivity contribution in [1.29, 1.82) is 0 Å². The first-order valence-corrected chi connectivity index (χ1v) is 6.13. The van der Waals surface area contributed by atoms with Crippen LogP contribution in [0.3, 0.4) is 0 Å². The molecule has 1 amide bonds. The molecule has 0 saturated heterocycles. The number of nitrogens with zero attached hydrogens (tertiary/aromatic N) is 2. The zero-order valence-corrected chi connectivity index (χ0v) is 11.3. The Morgan fingerprint density at radius 2 is 2.21 bits per heavy atom. The molecule has 0 saturated carbocycles. The number of methoxy groups -OCH3 is 1. The topological polar surface area (TPSA) is 85.5 Å². The Hall–Kier alpha value is -1.95. The van der Waals surface area contributed by atoms with Gasteiger partial charge in [-0.1, -0.05) is 6.92 Å². The van der Waals surface area contributed by atoms with Gasteiger partial charge in [0.2, 0.25) is 0 Å². The average Bonchev–Trinajstić information content (AvgIpc) is 2.45. The number of rotatable bonds is 6. The minimum absolute atomic E-state index is 0.0521. The highest BCUT2D eigenvalue weighted by Gasteiger charge is 2.18. The first-order chi connectivity index (χ1) is 9.12. The van der Waals surface area contributed by atoms with Gasteiger partial charge in [-0.15, -0.1) is 0 Å². The molecule has 0 unspecified atom stereocenters. The minimum Gasteiger partial charge on any atom is -0.468 e. The molecule has 0 atom stereocenters. The largest absolute Gasteiger partial charge is 0.468 e. The van der Waals surface area contributed by atoms with Crippen LogP contribution >= 0.6 is 0 Å². The number of hydrogen-bond donors (Lipinski definition) is 1. The lowest BCUT2D eigenvalue weighted by atomic mass is 10.2. The third-order valence-corrected chi connectivity index (χ3v) is 2.60. The molecule has 0 aliphatic rings. The summed E-state index contributed by atoms with van der Waals surface area (Å²) in [6.45, 7) is 2.65. The van der Waals surface area contributed by atoms with Crippen LogP contribution in [0.4, 0.5) is 0 Å². The Bertz CT molecular complexity index is 449. The van der Waals surface area contributed by atoms with E-state index >= 15 is 0 Å². The van der Waals surface area contributed by atoms with E-state index in [1.165, 1.54) is 18.2 Å². The number of pyridine rings is 1. The van der Waals surface area contributed by atoms with Gasteiger partial charge in [0.05, 0.1) is 12.8 Å². The lowest BCUT2D eigenvalue weighted by Gasteiger charge is -2.20. The SMILES string of the molecule is CCCN(CC(=O)OC)C(=O)c1ccnc(CN)c1. The van der Waals surface area contributed by atoms with Crippen molar-refractivity contribution in [2.45, 2.75) is 19.9 Å². The normalized spacial score (nSPS) is 10.1. The van der Waals surface area contributed by atoms with E-state index in [1.807, 2.05) is 6.92 Å². The van der Waals surface area contributed by atoms with Crippen molar-refractivity contribution in [3.63, 3.8) is 0 Å². The predicted octanol–water partition coefficient (Wildman–Crippen LogP) is 0.565. The number of esters is 1. The van der Waals surface area contributed by atoms with Crippen molar-refractivity contribution < 1.29 is 14.3 Å². The summed E-state index contributed by atoms with van der Waals surface area (Å²) in [6.07, 6.45) is 2.30. The van der Waals surface area contributed by atoms with E-state index in [-0.39, 0.29) is 19.0 Å². The molecule has 104 valence electrons. The van der Waals surface area contributed by atoms with E-state index in [2.05, 4.69) is 9.72 Å². The molecule has 1 aromatic heterocycles. The van der Waals surface area contributed by atoms with E-state index < -0.39 is 5.97 Å². The summed E-state index contributed by atoms with van der Waals surface area (Å²) >= 11 is 0. The van der Waals surface area contributed by atoms with Gasteiger partial charge in [-0.25, -0.2) is 0 Å². The monoisotopic (exact) mass is 265 g/mol. The van der Waals surface area contributed by atoms with E-state index in [0.29, 0.717) is 17.8 Å². The highest BCUT2D eigenvalue weighted by Crippen LogP contribution is 2.07. The average molecular weight is 265 g/mol. The van der Waals surface area contributed by atoms with Crippen LogP contribution in [-0.2, 0) is 16.1 Å². The smallest absolute Gasteiger partial charge is 0.325 e. The molecule has 0 spiro atoms. The van der Waals surface area contributed by atoms with Crippen molar-refractivity contribution in [2.75, 3.05) is 20.2 Å². The van der Waals surface area contributed by atoms with Gasteiger partial charge in [-0.3, -0.25) is 14.6 Å². The number of aromatic nitrogens is 1. The number of ether oxygens (including phenoxy) is 1. The van der Waals surface area contributed by atoms with Gasteiger partial charge in [0.1, 0.15) is 6.54 Å². The van der Waals surface area contributed by atoms with Crippen LogP contribution in [0, 0.1) is 0 Å². The van der Waals surface area contributed by atoms with Gasteiger partial charge in [0, 0.05) is 24.8 Å². The van der Waals surface area contributed by atoms with E-state index in [1.54, 1.807) is 12.1 Å². The van der Waals surface area contributed by atoms with Crippen molar-refractivity contribution in [3.8, 4) is 0 Å². The zero-order valence-electron chi connectivity index (χ0n) is 11.3. The molecule has 0 aliphatic heterocycles. The quantitative estimate of drug-likeness (QED) is 0.760. The maximum Gasteiger partial charge on any atom is 0.325 e. The number of carbonyl (C=O) groups excluding carboxylic acids is 2. The van der Waals surface area contributed by atoms with Crippen LogP contribution in [0.2, 0.25) is 0 Å². The van der Waals surface area contributed by atoms with Gasteiger partial charge in [0.15, 0.2) is 0 Å².